The molecule has 0 aromatic heterocycles. The smallest absolute Gasteiger partial charge is 0.410 e. The zero-order valence-corrected chi connectivity index (χ0v) is 27.4. The van der Waals surface area contributed by atoms with E-state index in [1.165, 1.54) is 4.31 Å². The molecule has 1 aliphatic heterocycles. The topological polar surface area (TPSA) is 105 Å². The molecule has 0 spiro atoms. The second-order valence-corrected chi connectivity index (χ2v) is 20.4. The third-order valence-corrected chi connectivity index (χ3v) is 11.9. The van der Waals surface area contributed by atoms with Gasteiger partial charge in [0.05, 0.1) is 11.5 Å². The van der Waals surface area contributed by atoms with Gasteiger partial charge in [-0.2, -0.15) is 4.31 Å². The number of alkyl carbamates (subject to hydrolysis) is 1. The molecule has 1 N–H and O–H groups in total. The van der Waals surface area contributed by atoms with Crippen molar-refractivity contribution in [2.45, 2.75) is 80.9 Å². The molecule has 4 rings (SSSR count). The van der Waals surface area contributed by atoms with Gasteiger partial charge in [0.2, 0.25) is 10.0 Å². The molecule has 2 atom stereocenters. The van der Waals surface area contributed by atoms with E-state index >= 15 is 0 Å². The number of carbonyl (C=O) groups is 2. The number of nitrogens with zero attached hydrogens (tertiary/aromatic N) is 2. The molecule has 1 heterocycles. The van der Waals surface area contributed by atoms with E-state index in [2.05, 4.69) is 31.5 Å². The minimum Gasteiger partial charge on any atom is -0.450 e. The molecule has 2 fully saturated rings. The van der Waals surface area contributed by atoms with Gasteiger partial charge >= 0.3 is 12.2 Å². The Hall–Kier alpha value is -3.15. The van der Waals surface area contributed by atoms with Crippen LogP contribution in [0.4, 0.5) is 9.59 Å². The van der Waals surface area contributed by atoms with E-state index in [1.54, 1.807) is 35.2 Å². The predicted molar refractivity (Wildman–Crippen MR) is 170 cm³/mol. The van der Waals surface area contributed by atoms with Gasteiger partial charge in [-0.05, 0) is 55.8 Å². The molecule has 43 heavy (non-hydrogen) atoms. The maximum atomic E-state index is 13.8. The van der Waals surface area contributed by atoms with Crippen molar-refractivity contribution in [3.05, 3.63) is 78.4 Å². The monoisotopic (exact) mass is 627 g/mol. The van der Waals surface area contributed by atoms with Crippen LogP contribution in [0.1, 0.15) is 37.7 Å². The number of nitrogens with one attached hydrogen (secondary N) is 1. The normalized spacial score (nSPS) is 21.4. The van der Waals surface area contributed by atoms with Crippen molar-refractivity contribution >= 4 is 30.3 Å². The molecule has 2 aliphatic rings. The van der Waals surface area contributed by atoms with Gasteiger partial charge in [0.25, 0.3) is 0 Å². The first-order chi connectivity index (χ1) is 20.4. The van der Waals surface area contributed by atoms with Gasteiger partial charge in [-0.15, -0.1) is 0 Å². The van der Waals surface area contributed by atoms with E-state index in [1.807, 2.05) is 30.3 Å². The molecular weight excluding hydrogens is 583 g/mol. The molecule has 11 heteroatoms. The first-order valence-electron chi connectivity index (χ1n) is 15.0. The van der Waals surface area contributed by atoms with Gasteiger partial charge in [0, 0.05) is 39.3 Å². The van der Waals surface area contributed by atoms with Gasteiger partial charge in [-0.1, -0.05) is 80.3 Å². The van der Waals surface area contributed by atoms with Crippen LogP contribution in [-0.2, 0) is 26.1 Å². The third kappa shape index (κ3) is 9.17. The van der Waals surface area contributed by atoms with Crippen LogP contribution >= 0.6 is 0 Å². The van der Waals surface area contributed by atoms with E-state index < -0.39 is 41.9 Å². The fourth-order valence-corrected chi connectivity index (χ4v) is 8.07. The number of hydrogen-bond donors (Lipinski definition) is 1. The molecule has 2 unspecified atom stereocenters. The molecule has 1 saturated heterocycles. The van der Waals surface area contributed by atoms with Crippen LogP contribution in [0, 0.1) is 0 Å². The lowest BCUT2D eigenvalue weighted by atomic mass is 9.89. The van der Waals surface area contributed by atoms with Crippen molar-refractivity contribution < 1.29 is 27.5 Å². The van der Waals surface area contributed by atoms with Crippen molar-refractivity contribution in [3.8, 4) is 0 Å². The van der Waals surface area contributed by atoms with Gasteiger partial charge in [-0.3, -0.25) is 0 Å². The highest BCUT2D eigenvalue weighted by Gasteiger charge is 2.42. The van der Waals surface area contributed by atoms with Gasteiger partial charge in [0.15, 0.2) is 0 Å². The SMILES string of the molecule is C=C1CCC(CCC2CN(C(=O)OCc3ccccc3)CCN2S(=O)(=O)c2ccccc2)(NC(=O)OCC[Si](C)(C)C)C1. The summed E-state index contributed by atoms with van der Waals surface area (Å²) in [6, 6.07) is 18.2. The Morgan fingerprint density at radius 3 is 2.33 bits per heavy atom. The Morgan fingerprint density at radius 2 is 1.70 bits per heavy atom. The minimum absolute atomic E-state index is 0.141. The summed E-state index contributed by atoms with van der Waals surface area (Å²) in [5.74, 6) is 0. The molecule has 1 saturated carbocycles. The summed E-state index contributed by atoms with van der Waals surface area (Å²) < 4.78 is 40.2. The van der Waals surface area contributed by atoms with Crippen molar-refractivity contribution in [1.29, 1.82) is 0 Å². The van der Waals surface area contributed by atoms with E-state index in [0.717, 1.165) is 23.6 Å². The summed E-state index contributed by atoms with van der Waals surface area (Å²) in [5.41, 5.74) is 1.35. The first-order valence-corrected chi connectivity index (χ1v) is 20.2. The standard InChI is InChI=1S/C32H45N3O6SSi/c1-26-15-17-32(23-26,33-30(36)40-21-22-43(2,3)4)18-16-28-24-34(31(37)41-25-27-11-7-5-8-12-27)19-20-35(28)42(38,39)29-13-9-6-10-14-29/h5-14,28H,1,15-25H2,2-4H3,(H,33,36). The lowest BCUT2D eigenvalue weighted by molar-refractivity contribution is 0.0666. The molecule has 1 aliphatic carbocycles. The van der Waals surface area contributed by atoms with E-state index in [0.29, 0.717) is 32.3 Å². The summed E-state index contributed by atoms with van der Waals surface area (Å²) >= 11 is 0. The number of benzene rings is 2. The molecule has 2 aromatic rings. The maximum absolute atomic E-state index is 13.8. The molecular formula is C32H45N3O6SSi. The minimum atomic E-state index is -3.81. The van der Waals surface area contributed by atoms with E-state index in [4.69, 9.17) is 9.47 Å². The molecule has 9 nitrogen and oxygen atoms in total. The molecule has 2 amide bonds. The Morgan fingerprint density at radius 1 is 1.02 bits per heavy atom. The Balaban J connectivity index is 1.49. The van der Waals surface area contributed by atoms with Gasteiger partial charge in [0.1, 0.15) is 6.61 Å². The zero-order chi connectivity index (χ0) is 31.1. The highest BCUT2D eigenvalue weighted by atomic mass is 32.2. The third-order valence-electron chi connectivity index (χ3n) is 8.20. The average molecular weight is 628 g/mol. The Labute approximate surface area is 257 Å². The number of carbonyl (C=O) groups excluding carboxylic acids is 2. The Kier molecular flexibility index (Phi) is 10.7. The number of hydrogen-bond acceptors (Lipinski definition) is 6. The fourth-order valence-electron chi connectivity index (χ4n) is 5.69. The first kappa shape index (κ1) is 32.8. The second-order valence-electron chi connectivity index (χ2n) is 12.9. The molecule has 2 aromatic carbocycles. The van der Waals surface area contributed by atoms with E-state index in [9.17, 15) is 18.0 Å². The number of sulfonamides is 1. The van der Waals surface area contributed by atoms with Crippen LogP contribution in [0.2, 0.25) is 25.7 Å². The highest BCUT2D eigenvalue weighted by Crippen LogP contribution is 2.38. The largest absolute Gasteiger partial charge is 0.450 e. The van der Waals surface area contributed by atoms with Crippen LogP contribution in [0.25, 0.3) is 0 Å². The van der Waals surface area contributed by atoms with Crippen LogP contribution < -0.4 is 5.32 Å². The van der Waals surface area contributed by atoms with Crippen molar-refractivity contribution in [2.24, 2.45) is 0 Å². The van der Waals surface area contributed by atoms with Gasteiger partial charge in [-0.25, -0.2) is 18.0 Å². The second kappa shape index (κ2) is 14.1. The maximum Gasteiger partial charge on any atom is 0.410 e. The van der Waals surface area contributed by atoms with Crippen LogP contribution in [-0.4, -0.2) is 75.7 Å². The zero-order valence-electron chi connectivity index (χ0n) is 25.6. The predicted octanol–water partition coefficient (Wildman–Crippen LogP) is 6.02. The Bertz CT molecular complexity index is 1370. The quantitative estimate of drug-likeness (QED) is 0.241. The van der Waals surface area contributed by atoms with Crippen molar-refractivity contribution in [2.75, 3.05) is 26.2 Å². The number of ether oxygens (including phenoxy) is 2. The number of piperazine rings is 1. The fraction of sp³-hybridized carbons (Fsp3) is 0.500. The summed E-state index contributed by atoms with van der Waals surface area (Å²) in [5, 5.41) is 3.13. The van der Waals surface area contributed by atoms with Crippen LogP contribution in [0.3, 0.4) is 0 Å². The summed E-state index contributed by atoms with van der Waals surface area (Å²) in [4.78, 5) is 27.7. The van der Waals surface area contributed by atoms with Crippen LogP contribution in [0.15, 0.2) is 77.7 Å². The number of rotatable bonds is 11. The lowest BCUT2D eigenvalue weighted by Gasteiger charge is -2.41. The van der Waals surface area contributed by atoms with Crippen molar-refractivity contribution in [3.63, 3.8) is 0 Å². The molecule has 0 radical (unpaired) electrons. The average Bonchev–Trinajstić information content (AvgIpc) is 3.34. The van der Waals surface area contributed by atoms with E-state index in [-0.39, 0.29) is 31.1 Å². The lowest BCUT2D eigenvalue weighted by Crippen LogP contribution is -2.57. The summed E-state index contributed by atoms with van der Waals surface area (Å²) in [7, 11) is -5.17. The highest BCUT2D eigenvalue weighted by molar-refractivity contribution is 7.89. The van der Waals surface area contributed by atoms with Crippen molar-refractivity contribution in [1.82, 2.24) is 14.5 Å². The number of amides is 2. The van der Waals surface area contributed by atoms with Crippen LogP contribution in [0.5, 0.6) is 0 Å². The summed E-state index contributed by atoms with van der Waals surface area (Å²) in [6.07, 6.45) is 2.14. The molecule has 234 valence electrons. The van der Waals surface area contributed by atoms with Gasteiger partial charge < -0.3 is 19.7 Å². The molecule has 0 bridgehead atoms. The summed E-state index contributed by atoms with van der Waals surface area (Å²) in [6.45, 7) is 11.9.